The third kappa shape index (κ3) is 1.27. The van der Waals surface area contributed by atoms with Crippen LogP contribution in [0.25, 0.3) is 0 Å². The molecule has 0 radical (unpaired) electrons. The lowest BCUT2D eigenvalue weighted by atomic mass is 10.0. The van der Waals surface area contributed by atoms with Gasteiger partial charge in [-0.1, -0.05) is 6.58 Å². The predicted molar refractivity (Wildman–Crippen MR) is 33.6 cm³/mol. The second kappa shape index (κ2) is 2.56. The molecule has 2 atom stereocenters. The maximum atomic E-state index is 12.5. The van der Waals surface area contributed by atoms with Crippen molar-refractivity contribution >= 4 is 0 Å². The van der Waals surface area contributed by atoms with Crippen LogP contribution in [0.1, 0.15) is 6.42 Å². The van der Waals surface area contributed by atoms with Crippen LogP contribution in [0.15, 0.2) is 12.3 Å². The Labute approximate surface area is 58.3 Å². The molecule has 1 aliphatic heterocycles. The number of β-amino-alcohol motifs (C(OH)–C–C–N with tert-alkyl or cyclic N) is 1. The number of hydrogen-bond acceptors (Lipinski definition) is 3. The summed E-state index contributed by atoms with van der Waals surface area (Å²) in [6, 6.07) is 0. The van der Waals surface area contributed by atoms with Crippen molar-refractivity contribution in [3.63, 3.8) is 0 Å². The molecular formula is C6H10FNO2. The molecule has 1 fully saturated rings. The summed E-state index contributed by atoms with van der Waals surface area (Å²) in [5, 5.41) is 18.2. The summed E-state index contributed by atoms with van der Waals surface area (Å²) in [6.45, 7) is 3.18. The monoisotopic (exact) mass is 147 g/mol. The summed E-state index contributed by atoms with van der Waals surface area (Å²) in [6.07, 6.45) is -1.74. The van der Waals surface area contributed by atoms with Crippen molar-refractivity contribution in [1.82, 2.24) is 5.12 Å². The van der Waals surface area contributed by atoms with Crippen molar-refractivity contribution in [2.24, 2.45) is 0 Å². The number of halogens is 1. The fourth-order valence-corrected chi connectivity index (χ4v) is 0.892. The zero-order valence-electron chi connectivity index (χ0n) is 5.50. The first-order chi connectivity index (χ1) is 4.61. The van der Waals surface area contributed by atoms with E-state index < -0.39 is 12.2 Å². The maximum Gasteiger partial charge on any atom is 0.100 e. The summed E-state index contributed by atoms with van der Waals surface area (Å²) >= 11 is 0. The zero-order valence-corrected chi connectivity index (χ0v) is 5.50. The molecule has 10 heavy (non-hydrogen) atoms. The molecule has 1 heterocycles. The van der Waals surface area contributed by atoms with Crippen molar-refractivity contribution in [2.45, 2.75) is 18.6 Å². The lowest BCUT2D eigenvalue weighted by Gasteiger charge is -2.29. The van der Waals surface area contributed by atoms with Gasteiger partial charge in [0.05, 0.1) is 12.6 Å². The van der Waals surface area contributed by atoms with Gasteiger partial charge in [-0.2, -0.15) is 0 Å². The van der Waals surface area contributed by atoms with Crippen LogP contribution in [0, 0.1) is 0 Å². The molecule has 0 aromatic heterocycles. The van der Waals surface area contributed by atoms with Gasteiger partial charge in [-0.05, 0) is 0 Å². The maximum absolute atomic E-state index is 12.5. The van der Waals surface area contributed by atoms with E-state index in [9.17, 15) is 4.48 Å². The Kier molecular flexibility index (Phi) is 1.92. The van der Waals surface area contributed by atoms with Gasteiger partial charge >= 0.3 is 0 Å². The topological polar surface area (TPSA) is 43.7 Å². The van der Waals surface area contributed by atoms with Crippen LogP contribution in [0.2, 0.25) is 0 Å². The van der Waals surface area contributed by atoms with Crippen molar-refractivity contribution in [2.75, 3.05) is 6.54 Å². The molecule has 0 aromatic carbocycles. The molecule has 0 aromatic rings. The Hall–Kier alpha value is -0.610. The van der Waals surface area contributed by atoms with Gasteiger partial charge in [-0.15, -0.1) is 4.48 Å². The molecule has 0 aliphatic carbocycles. The standard InChI is InChI=1S/C6H10FNO2/c1-4-2-5(9)6(10)3-8(4)7/h5-6,9-10H,1-3H2. The molecule has 2 N–H and O–H groups in total. The number of aliphatic hydroxyl groups excluding tert-OH is 2. The minimum absolute atomic E-state index is 0.109. The normalized spacial score (nSPS) is 34.7. The van der Waals surface area contributed by atoms with E-state index in [4.69, 9.17) is 10.2 Å². The fourth-order valence-electron chi connectivity index (χ4n) is 0.892. The van der Waals surface area contributed by atoms with E-state index in [0.29, 0.717) is 5.12 Å². The molecule has 2 unspecified atom stereocenters. The first-order valence-electron chi connectivity index (χ1n) is 3.08. The number of hydrogen-bond donors (Lipinski definition) is 2. The Bertz CT molecular complexity index is 151. The van der Waals surface area contributed by atoms with Crippen LogP contribution in [-0.4, -0.2) is 34.1 Å². The zero-order chi connectivity index (χ0) is 7.72. The van der Waals surface area contributed by atoms with Crippen molar-refractivity contribution in [3.8, 4) is 0 Å². The summed E-state index contributed by atoms with van der Waals surface area (Å²) < 4.78 is 12.5. The highest BCUT2D eigenvalue weighted by molar-refractivity contribution is 4.99. The van der Waals surface area contributed by atoms with Gasteiger partial charge in [0.25, 0.3) is 0 Å². The second-order valence-electron chi connectivity index (χ2n) is 2.45. The largest absolute Gasteiger partial charge is 0.390 e. The Morgan fingerprint density at radius 2 is 2.10 bits per heavy atom. The van der Waals surface area contributed by atoms with E-state index in [1.54, 1.807) is 0 Å². The third-order valence-corrected chi connectivity index (χ3v) is 1.58. The van der Waals surface area contributed by atoms with E-state index in [0.717, 1.165) is 0 Å². The molecule has 0 spiro atoms. The minimum Gasteiger partial charge on any atom is -0.390 e. The van der Waals surface area contributed by atoms with Gasteiger partial charge in [0, 0.05) is 12.1 Å². The van der Waals surface area contributed by atoms with Crippen molar-refractivity contribution in [1.29, 1.82) is 0 Å². The molecule has 1 rings (SSSR count). The van der Waals surface area contributed by atoms with Gasteiger partial charge < -0.3 is 10.2 Å². The highest BCUT2D eigenvalue weighted by Crippen LogP contribution is 2.19. The van der Waals surface area contributed by atoms with Crippen LogP contribution in [0.3, 0.4) is 0 Å². The summed E-state index contributed by atoms with van der Waals surface area (Å²) in [4.78, 5) is 0. The molecule has 3 nitrogen and oxygen atoms in total. The van der Waals surface area contributed by atoms with Gasteiger partial charge in [-0.3, -0.25) is 0 Å². The van der Waals surface area contributed by atoms with E-state index >= 15 is 0 Å². The Morgan fingerprint density at radius 3 is 2.60 bits per heavy atom. The summed E-state index contributed by atoms with van der Waals surface area (Å²) in [5.41, 5.74) is 0.220. The predicted octanol–water partition coefficient (Wildman–Crippen LogP) is -0.188. The number of nitrogens with zero attached hydrogens (tertiary/aromatic N) is 1. The molecule has 0 bridgehead atoms. The first kappa shape index (κ1) is 7.50. The number of rotatable bonds is 0. The number of piperidine rings is 1. The molecule has 0 amide bonds. The lowest BCUT2D eigenvalue weighted by Crippen LogP contribution is -2.41. The fraction of sp³-hybridized carbons (Fsp3) is 0.667. The van der Waals surface area contributed by atoms with Crippen molar-refractivity contribution < 1.29 is 14.7 Å². The van der Waals surface area contributed by atoms with Crippen LogP contribution in [0.5, 0.6) is 0 Å². The highest BCUT2D eigenvalue weighted by atomic mass is 19.2. The lowest BCUT2D eigenvalue weighted by molar-refractivity contribution is -0.0749. The molecule has 58 valence electrons. The summed E-state index contributed by atoms with van der Waals surface area (Å²) in [5.74, 6) is 0. The van der Waals surface area contributed by atoms with E-state index in [2.05, 4.69) is 6.58 Å². The Balaban J connectivity index is 2.54. The quantitative estimate of drug-likeness (QED) is 0.467. The van der Waals surface area contributed by atoms with Gasteiger partial charge in [0.1, 0.15) is 6.10 Å². The molecule has 4 heteroatoms. The number of aliphatic hydroxyl groups is 2. The van der Waals surface area contributed by atoms with E-state index in [-0.39, 0.29) is 18.7 Å². The van der Waals surface area contributed by atoms with Crippen LogP contribution < -0.4 is 0 Å². The smallest absolute Gasteiger partial charge is 0.100 e. The third-order valence-electron chi connectivity index (χ3n) is 1.58. The molecular weight excluding hydrogens is 137 g/mol. The minimum atomic E-state index is -0.990. The molecule has 1 saturated heterocycles. The second-order valence-corrected chi connectivity index (χ2v) is 2.45. The van der Waals surface area contributed by atoms with Crippen LogP contribution >= 0.6 is 0 Å². The van der Waals surface area contributed by atoms with Gasteiger partial charge in [-0.25, -0.2) is 5.12 Å². The molecule has 1 aliphatic rings. The molecule has 0 saturated carbocycles. The van der Waals surface area contributed by atoms with Crippen LogP contribution in [0.4, 0.5) is 4.48 Å². The average Bonchev–Trinajstić information content (AvgIpc) is 1.84. The SMILES string of the molecule is C=C1CC(O)C(O)CN1F. The van der Waals surface area contributed by atoms with Gasteiger partial charge in [0.15, 0.2) is 0 Å². The van der Waals surface area contributed by atoms with Crippen LogP contribution in [-0.2, 0) is 0 Å². The van der Waals surface area contributed by atoms with Gasteiger partial charge in [0.2, 0.25) is 0 Å². The summed E-state index contributed by atoms with van der Waals surface area (Å²) in [7, 11) is 0. The van der Waals surface area contributed by atoms with Crippen molar-refractivity contribution in [3.05, 3.63) is 12.3 Å². The van der Waals surface area contributed by atoms with E-state index in [1.165, 1.54) is 0 Å². The average molecular weight is 147 g/mol. The Morgan fingerprint density at radius 1 is 1.50 bits per heavy atom. The van der Waals surface area contributed by atoms with E-state index in [1.807, 2.05) is 0 Å². The first-order valence-corrected chi connectivity index (χ1v) is 3.08. The highest BCUT2D eigenvalue weighted by Gasteiger charge is 2.27.